The number of rotatable bonds is 4. The fourth-order valence-electron chi connectivity index (χ4n) is 3.73. The Hall–Kier alpha value is -2.59. The first kappa shape index (κ1) is 17.8. The highest BCUT2D eigenvalue weighted by Gasteiger charge is 2.26. The number of nitrogens with one attached hydrogen (secondary N) is 1. The second kappa shape index (κ2) is 7.97. The van der Waals surface area contributed by atoms with Gasteiger partial charge in [-0.3, -0.25) is 4.79 Å². The number of amides is 1. The third-order valence-corrected chi connectivity index (χ3v) is 5.66. The van der Waals surface area contributed by atoms with Crippen molar-refractivity contribution in [1.29, 1.82) is 0 Å². The Morgan fingerprint density at radius 3 is 2.22 bits per heavy atom. The predicted octanol–water partition coefficient (Wildman–Crippen LogP) is 5.60. The summed E-state index contributed by atoms with van der Waals surface area (Å²) in [6, 6.07) is 19.9. The van der Waals surface area contributed by atoms with Crippen LogP contribution in [-0.4, -0.2) is 17.1 Å². The van der Waals surface area contributed by atoms with Gasteiger partial charge in [-0.2, -0.15) is 0 Å². The lowest BCUT2D eigenvalue weighted by molar-refractivity contribution is 0.102. The summed E-state index contributed by atoms with van der Waals surface area (Å²) in [6.45, 7) is 0. The number of carbonyl (C=O) groups is 1. The summed E-state index contributed by atoms with van der Waals surface area (Å²) >= 11 is 1.54. The molecule has 1 aromatic heterocycles. The smallest absolute Gasteiger partial charge is 0.258 e. The highest BCUT2D eigenvalue weighted by Crippen LogP contribution is 2.36. The maximum Gasteiger partial charge on any atom is 0.258 e. The Morgan fingerprint density at radius 2 is 1.56 bits per heavy atom. The summed E-state index contributed by atoms with van der Waals surface area (Å²) < 4.78 is 0. The minimum Gasteiger partial charge on any atom is -0.322 e. The van der Waals surface area contributed by atoms with E-state index in [2.05, 4.69) is 17.4 Å². The predicted molar refractivity (Wildman–Crippen MR) is 112 cm³/mol. The number of pyridine rings is 1. The molecule has 0 atom stereocenters. The van der Waals surface area contributed by atoms with Crippen molar-refractivity contribution in [2.75, 3.05) is 11.6 Å². The van der Waals surface area contributed by atoms with E-state index < -0.39 is 0 Å². The van der Waals surface area contributed by atoms with Crippen molar-refractivity contribution >= 4 is 23.4 Å². The van der Waals surface area contributed by atoms with Crippen LogP contribution in [0.3, 0.4) is 0 Å². The lowest BCUT2D eigenvalue weighted by Gasteiger charge is -2.24. The van der Waals surface area contributed by atoms with Crippen molar-refractivity contribution < 1.29 is 4.79 Å². The largest absolute Gasteiger partial charge is 0.322 e. The normalized spacial score (nSPS) is 13.1. The van der Waals surface area contributed by atoms with Crippen LogP contribution in [0.25, 0.3) is 11.3 Å². The van der Waals surface area contributed by atoms with Crippen LogP contribution in [-0.2, 0) is 12.8 Å². The molecule has 0 spiro atoms. The van der Waals surface area contributed by atoms with E-state index in [0.29, 0.717) is 0 Å². The molecule has 0 radical (unpaired) electrons. The van der Waals surface area contributed by atoms with E-state index in [1.807, 2.05) is 54.8 Å². The number of para-hydroxylation sites is 1. The molecule has 4 heteroatoms. The number of nitrogens with zero attached hydrogens (tertiary/aromatic N) is 1. The van der Waals surface area contributed by atoms with Crippen LogP contribution in [0, 0.1) is 0 Å². The number of hydrogen-bond acceptors (Lipinski definition) is 3. The van der Waals surface area contributed by atoms with Crippen LogP contribution in [0.5, 0.6) is 0 Å². The van der Waals surface area contributed by atoms with Crippen LogP contribution in [0.4, 0.5) is 5.69 Å². The molecular weight excluding hydrogens is 352 g/mol. The molecule has 0 saturated carbocycles. The molecular formula is C23H22N2OS. The Labute approximate surface area is 164 Å². The zero-order valence-electron chi connectivity index (χ0n) is 15.4. The average Bonchev–Trinajstić information content (AvgIpc) is 2.73. The molecule has 1 aliphatic rings. The van der Waals surface area contributed by atoms with Crippen molar-refractivity contribution in [1.82, 2.24) is 4.98 Å². The molecule has 3 aromatic rings. The summed E-state index contributed by atoms with van der Waals surface area (Å²) in [5, 5.41) is 3.86. The monoisotopic (exact) mass is 374 g/mol. The first-order valence-electron chi connectivity index (χ1n) is 9.29. The van der Waals surface area contributed by atoms with Gasteiger partial charge in [0.15, 0.2) is 0 Å². The summed E-state index contributed by atoms with van der Waals surface area (Å²) in [7, 11) is 0. The molecule has 0 unspecified atom stereocenters. The number of fused-ring (bicyclic) bond motifs is 1. The Morgan fingerprint density at radius 1 is 0.926 bits per heavy atom. The van der Waals surface area contributed by atoms with Crippen molar-refractivity contribution in [2.45, 2.75) is 30.7 Å². The third kappa shape index (κ3) is 3.62. The average molecular weight is 375 g/mol. The third-order valence-electron chi connectivity index (χ3n) is 4.98. The van der Waals surface area contributed by atoms with Gasteiger partial charge in [0.25, 0.3) is 5.91 Å². The standard InChI is InChI=1S/C23H22N2OS/c1-27-23-20(22(26)24-17-12-6-3-7-13-17)18-14-8-9-15-19(18)21(25-23)16-10-4-2-5-11-16/h2-7,10-13H,8-9,14-15H2,1H3,(H,24,26). The van der Waals surface area contributed by atoms with E-state index in [9.17, 15) is 4.79 Å². The summed E-state index contributed by atoms with van der Waals surface area (Å²) in [5.74, 6) is -0.0594. The van der Waals surface area contributed by atoms with Crippen LogP contribution in [0.1, 0.15) is 34.3 Å². The maximum atomic E-state index is 13.1. The van der Waals surface area contributed by atoms with Gasteiger partial charge in [-0.15, -0.1) is 11.8 Å². The Bertz CT molecular complexity index is 955. The molecule has 0 fully saturated rings. The van der Waals surface area contributed by atoms with E-state index in [4.69, 9.17) is 4.98 Å². The van der Waals surface area contributed by atoms with Crippen LogP contribution in [0.15, 0.2) is 65.7 Å². The minimum atomic E-state index is -0.0594. The van der Waals surface area contributed by atoms with Gasteiger partial charge in [0, 0.05) is 11.3 Å². The first-order valence-corrected chi connectivity index (χ1v) is 10.5. The fraction of sp³-hybridized carbons (Fsp3) is 0.217. The maximum absolute atomic E-state index is 13.1. The summed E-state index contributed by atoms with van der Waals surface area (Å²) in [6.07, 6.45) is 6.17. The Kier molecular flexibility index (Phi) is 5.26. The number of benzene rings is 2. The Balaban J connectivity index is 1.83. The zero-order chi connectivity index (χ0) is 18.6. The van der Waals surface area contributed by atoms with Gasteiger partial charge in [0.1, 0.15) is 5.03 Å². The van der Waals surface area contributed by atoms with E-state index in [-0.39, 0.29) is 5.91 Å². The number of thioether (sulfide) groups is 1. The van der Waals surface area contributed by atoms with Gasteiger partial charge in [-0.05, 0) is 55.2 Å². The van der Waals surface area contributed by atoms with Crippen molar-refractivity contribution in [3.63, 3.8) is 0 Å². The number of aromatic nitrogens is 1. The van der Waals surface area contributed by atoms with E-state index in [0.717, 1.165) is 53.2 Å². The molecule has 1 N–H and O–H groups in total. The van der Waals surface area contributed by atoms with Gasteiger partial charge in [0.2, 0.25) is 0 Å². The molecule has 1 heterocycles. The molecule has 2 aromatic carbocycles. The molecule has 0 bridgehead atoms. The van der Waals surface area contributed by atoms with Gasteiger partial charge in [-0.25, -0.2) is 4.98 Å². The van der Waals surface area contributed by atoms with E-state index in [1.165, 1.54) is 11.1 Å². The second-order valence-electron chi connectivity index (χ2n) is 6.70. The SMILES string of the molecule is CSc1nc(-c2ccccc2)c2c(c1C(=O)Nc1ccccc1)CCCC2. The van der Waals surface area contributed by atoms with Gasteiger partial charge in [-0.1, -0.05) is 48.5 Å². The van der Waals surface area contributed by atoms with Crippen molar-refractivity contribution in [3.8, 4) is 11.3 Å². The van der Waals surface area contributed by atoms with Crippen molar-refractivity contribution in [3.05, 3.63) is 77.4 Å². The van der Waals surface area contributed by atoms with E-state index >= 15 is 0 Å². The van der Waals surface area contributed by atoms with Gasteiger partial charge in [0.05, 0.1) is 11.3 Å². The fourth-order valence-corrected chi connectivity index (χ4v) is 4.33. The van der Waals surface area contributed by atoms with Crippen LogP contribution < -0.4 is 5.32 Å². The quantitative estimate of drug-likeness (QED) is 0.604. The molecule has 136 valence electrons. The van der Waals surface area contributed by atoms with Crippen LogP contribution in [0.2, 0.25) is 0 Å². The molecule has 0 aliphatic heterocycles. The number of anilines is 1. The molecule has 1 amide bonds. The van der Waals surface area contributed by atoms with E-state index in [1.54, 1.807) is 11.8 Å². The molecule has 3 nitrogen and oxygen atoms in total. The second-order valence-corrected chi connectivity index (χ2v) is 7.49. The lowest BCUT2D eigenvalue weighted by atomic mass is 9.86. The lowest BCUT2D eigenvalue weighted by Crippen LogP contribution is -2.20. The van der Waals surface area contributed by atoms with Gasteiger partial charge < -0.3 is 5.32 Å². The highest BCUT2D eigenvalue weighted by atomic mass is 32.2. The van der Waals surface area contributed by atoms with Gasteiger partial charge >= 0.3 is 0 Å². The summed E-state index contributed by atoms with van der Waals surface area (Å²) in [4.78, 5) is 18.1. The molecule has 0 saturated heterocycles. The highest BCUT2D eigenvalue weighted by molar-refractivity contribution is 7.98. The van der Waals surface area contributed by atoms with Crippen molar-refractivity contribution in [2.24, 2.45) is 0 Å². The number of hydrogen-bond donors (Lipinski definition) is 1. The topological polar surface area (TPSA) is 42.0 Å². The minimum absolute atomic E-state index is 0.0594. The zero-order valence-corrected chi connectivity index (χ0v) is 16.2. The number of carbonyl (C=O) groups excluding carboxylic acids is 1. The first-order chi connectivity index (χ1) is 13.3. The van der Waals surface area contributed by atoms with Crippen LogP contribution >= 0.6 is 11.8 Å². The molecule has 4 rings (SSSR count). The summed E-state index contributed by atoms with van der Waals surface area (Å²) in [5.41, 5.74) is 6.13. The molecule has 27 heavy (non-hydrogen) atoms. The molecule has 1 aliphatic carbocycles.